The molecule has 0 radical (unpaired) electrons. The van der Waals surface area contributed by atoms with Gasteiger partial charge in [-0.05, 0) is 37.5 Å². The number of benzene rings is 1. The molecule has 142 valence electrons. The van der Waals surface area contributed by atoms with Crippen molar-refractivity contribution in [2.45, 2.75) is 19.3 Å². The summed E-state index contributed by atoms with van der Waals surface area (Å²) < 4.78 is 28.0. The molecule has 0 atom stereocenters. The number of aryl methyl sites for hydroxylation is 1. The summed E-state index contributed by atoms with van der Waals surface area (Å²) in [6.45, 7) is 1.29. The first kappa shape index (κ1) is 18.8. The Kier molecular flexibility index (Phi) is 5.34. The van der Waals surface area contributed by atoms with Crippen LogP contribution in [-0.4, -0.2) is 34.4 Å². The Morgan fingerprint density at radius 3 is 2.44 bits per heavy atom. The van der Waals surface area contributed by atoms with E-state index in [-0.39, 0.29) is 17.2 Å². The van der Waals surface area contributed by atoms with Gasteiger partial charge in [0.1, 0.15) is 17.3 Å². The molecule has 1 saturated heterocycles. The molecule has 8 heteroatoms. The summed E-state index contributed by atoms with van der Waals surface area (Å²) in [7, 11) is 1.46. The van der Waals surface area contributed by atoms with Crippen molar-refractivity contribution in [1.29, 1.82) is 0 Å². The van der Waals surface area contributed by atoms with Gasteiger partial charge in [0, 0.05) is 32.4 Å². The maximum atomic E-state index is 13.8. The van der Waals surface area contributed by atoms with Crippen molar-refractivity contribution in [2.75, 3.05) is 18.4 Å². The molecule has 1 aromatic heterocycles. The predicted octanol–water partition coefficient (Wildman–Crippen LogP) is 2.54. The molecule has 27 heavy (non-hydrogen) atoms. The topological polar surface area (TPSA) is 71.4 Å². The fourth-order valence-electron chi connectivity index (χ4n) is 3.06. The van der Waals surface area contributed by atoms with Gasteiger partial charge in [-0.3, -0.25) is 14.4 Å². The van der Waals surface area contributed by atoms with Crippen LogP contribution in [0.3, 0.4) is 0 Å². The van der Waals surface area contributed by atoms with Crippen LogP contribution in [0.25, 0.3) is 0 Å². The van der Waals surface area contributed by atoms with Crippen LogP contribution in [0.4, 0.5) is 14.5 Å². The van der Waals surface area contributed by atoms with Gasteiger partial charge in [0.2, 0.25) is 0 Å². The van der Waals surface area contributed by atoms with Crippen molar-refractivity contribution >= 4 is 17.5 Å². The van der Waals surface area contributed by atoms with E-state index in [2.05, 4.69) is 5.32 Å². The molecule has 0 saturated carbocycles. The second-order valence-electron chi connectivity index (χ2n) is 6.49. The number of piperidine rings is 1. The van der Waals surface area contributed by atoms with Crippen molar-refractivity contribution < 1.29 is 18.4 Å². The van der Waals surface area contributed by atoms with E-state index in [1.165, 1.54) is 23.9 Å². The number of pyridine rings is 1. The highest BCUT2D eigenvalue weighted by molar-refractivity contribution is 6.05. The van der Waals surface area contributed by atoms with Gasteiger partial charge in [-0.15, -0.1) is 0 Å². The zero-order valence-electron chi connectivity index (χ0n) is 14.8. The molecular weight excluding hydrogens is 356 g/mol. The van der Waals surface area contributed by atoms with Crippen LogP contribution >= 0.6 is 0 Å². The number of hydrogen-bond acceptors (Lipinski definition) is 3. The number of carbonyl (C=O) groups excluding carboxylic acids is 2. The third-order valence-corrected chi connectivity index (χ3v) is 4.50. The number of aromatic nitrogens is 1. The first-order valence-corrected chi connectivity index (χ1v) is 8.63. The third kappa shape index (κ3) is 4.05. The third-order valence-electron chi connectivity index (χ3n) is 4.50. The molecule has 1 aliphatic rings. The minimum atomic E-state index is -1.04. The van der Waals surface area contributed by atoms with E-state index in [0.29, 0.717) is 19.2 Å². The number of halogens is 2. The van der Waals surface area contributed by atoms with Crippen LogP contribution in [0.5, 0.6) is 0 Å². The second-order valence-corrected chi connectivity index (χ2v) is 6.49. The lowest BCUT2D eigenvalue weighted by atomic mass is 10.1. The van der Waals surface area contributed by atoms with Gasteiger partial charge in [0.25, 0.3) is 17.4 Å². The highest BCUT2D eigenvalue weighted by Crippen LogP contribution is 2.16. The Labute approximate surface area is 154 Å². The van der Waals surface area contributed by atoms with Gasteiger partial charge >= 0.3 is 0 Å². The van der Waals surface area contributed by atoms with Crippen LogP contribution < -0.4 is 10.9 Å². The van der Waals surface area contributed by atoms with Gasteiger partial charge in [-0.25, -0.2) is 8.78 Å². The molecule has 1 fully saturated rings. The fraction of sp³-hybridized carbons (Fsp3) is 0.316. The lowest BCUT2D eigenvalue weighted by Crippen LogP contribution is -2.36. The average Bonchev–Trinajstić information content (AvgIpc) is 2.65. The number of nitrogens with zero attached hydrogens (tertiary/aromatic N) is 2. The minimum absolute atomic E-state index is 0.144. The highest BCUT2D eigenvalue weighted by Gasteiger charge is 2.21. The van der Waals surface area contributed by atoms with Crippen molar-refractivity contribution in [2.24, 2.45) is 7.05 Å². The van der Waals surface area contributed by atoms with E-state index in [1.54, 1.807) is 4.90 Å². The second kappa shape index (κ2) is 7.69. The zero-order chi connectivity index (χ0) is 19.6. The molecule has 2 heterocycles. The monoisotopic (exact) mass is 375 g/mol. The van der Waals surface area contributed by atoms with Crippen molar-refractivity contribution in [3.05, 3.63) is 63.6 Å². The van der Waals surface area contributed by atoms with Crippen LogP contribution in [0.2, 0.25) is 0 Å². The van der Waals surface area contributed by atoms with Crippen LogP contribution in [-0.2, 0) is 7.05 Å². The SMILES string of the molecule is Cn1cc(C(=O)N2CCCCC2)cc(NC(=O)c2ccc(F)cc2F)c1=O. The first-order valence-electron chi connectivity index (χ1n) is 8.63. The summed E-state index contributed by atoms with van der Waals surface area (Å²) in [5.74, 6) is -2.97. The van der Waals surface area contributed by atoms with E-state index in [0.717, 1.165) is 31.4 Å². The molecule has 2 amide bonds. The predicted molar refractivity (Wildman–Crippen MR) is 95.7 cm³/mol. The standard InChI is InChI=1S/C19H19F2N3O3/c1-23-11-12(18(26)24-7-3-2-4-8-24)9-16(19(23)27)22-17(25)14-6-5-13(20)10-15(14)21/h5-6,9-11H,2-4,7-8H2,1H3,(H,22,25). The van der Waals surface area contributed by atoms with Gasteiger partial charge in [0.05, 0.1) is 11.1 Å². The van der Waals surface area contributed by atoms with Gasteiger partial charge in [-0.2, -0.15) is 0 Å². The Balaban J connectivity index is 1.88. The fourth-order valence-corrected chi connectivity index (χ4v) is 3.06. The summed E-state index contributed by atoms with van der Waals surface area (Å²) in [6.07, 6.45) is 4.32. The molecule has 0 bridgehead atoms. The smallest absolute Gasteiger partial charge is 0.274 e. The largest absolute Gasteiger partial charge is 0.339 e. The average molecular weight is 375 g/mol. The number of hydrogen-bond donors (Lipinski definition) is 1. The number of likely N-dealkylation sites (tertiary alicyclic amines) is 1. The maximum Gasteiger partial charge on any atom is 0.274 e. The molecule has 1 aliphatic heterocycles. The van der Waals surface area contributed by atoms with Gasteiger partial charge in [-0.1, -0.05) is 0 Å². The van der Waals surface area contributed by atoms with E-state index < -0.39 is 28.7 Å². The first-order chi connectivity index (χ1) is 12.9. The summed E-state index contributed by atoms with van der Waals surface area (Å²) in [5, 5.41) is 2.32. The van der Waals surface area contributed by atoms with Crippen LogP contribution in [0, 0.1) is 11.6 Å². The van der Waals surface area contributed by atoms with E-state index in [9.17, 15) is 23.2 Å². The van der Waals surface area contributed by atoms with Crippen LogP contribution in [0.1, 0.15) is 40.0 Å². The summed E-state index contributed by atoms with van der Waals surface area (Å²) in [5.41, 5.74) is -0.824. The van der Waals surface area contributed by atoms with Gasteiger partial charge < -0.3 is 14.8 Å². The minimum Gasteiger partial charge on any atom is -0.339 e. The van der Waals surface area contributed by atoms with Crippen molar-refractivity contribution in [3.8, 4) is 0 Å². The summed E-state index contributed by atoms with van der Waals surface area (Å²) >= 11 is 0. The Morgan fingerprint density at radius 1 is 1.07 bits per heavy atom. The van der Waals surface area contributed by atoms with Crippen LogP contribution in [0.15, 0.2) is 35.3 Å². The molecule has 0 spiro atoms. The Morgan fingerprint density at radius 2 is 1.78 bits per heavy atom. The zero-order valence-corrected chi connectivity index (χ0v) is 14.8. The highest BCUT2D eigenvalue weighted by atomic mass is 19.1. The molecule has 6 nitrogen and oxygen atoms in total. The van der Waals surface area contributed by atoms with E-state index >= 15 is 0 Å². The molecule has 1 N–H and O–H groups in total. The molecule has 1 aromatic carbocycles. The lowest BCUT2D eigenvalue weighted by Gasteiger charge is -2.27. The lowest BCUT2D eigenvalue weighted by molar-refractivity contribution is 0.0723. The number of anilines is 1. The normalized spacial score (nSPS) is 14.1. The molecule has 0 aliphatic carbocycles. The summed E-state index contributed by atoms with van der Waals surface area (Å²) in [6, 6.07) is 3.82. The van der Waals surface area contributed by atoms with Crippen molar-refractivity contribution in [1.82, 2.24) is 9.47 Å². The van der Waals surface area contributed by atoms with E-state index in [4.69, 9.17) is 0 Å². The number of amides is 2. The number of nitrogens with one attached hydrogen (secondary N) is 1. The van der Waals surface area contributed by atoms with Gasteiger partial charge in [0.15, 0.2) is 0 Å². The molecule has 3 rings (SSSR count). The number of carbonyl (C=O) groups is 2. The molecular formula is C19H19F2N3O3. The Bertz CT molecular complexity index is 950. The quantitative estimate of drug-likeness (QED) is 0.896. The maximum absolute atomic E-state index is 13.8. The molecule has 0 unspecified atom stereocenters. The Hall–Kier alpha value is -3.03. The van der Waals surface area contributed by atoms with E-state index in [1.807, 2.05) is 0 Å². The number of rotatable bonds is 3. The summed E-state index contributed by atoms with van der Waals surface area (Å²) in [4.78, 5) is 38.9. The van der Waals surface area contributed by atoms with Crippen molar-refractivity contribution in [3.63, 3.8) is 0 Å². The molecule has 2 aromatic rings.